The molecule has 28 heavy (non-hydrogen) atoms. The smallest absolute Gasteiger partial charge is 0.156 e. The number of anilines is 1. The van der Waals surface area contributed by atoms with E-state index in [4.69, 9.17) is 8.94 Å². The number of benzene rings is 1. The first-order chi connectivity index (χ1) is 13.5. The molecule has 1 aromatic carbocycles. The van der Waals surface area contributed by atoms with Crippen LogP contribution in [0.1, 0.15) is 37.5 Å². The number of aromatic nitrogens is 1. The highest BCUT2D eigenvalue weighted by atomic mass is 16.5. The molecule has 148 valence electrons. The van der Waals surface area contributed by atoms with E-state index in [1.54, 1.807) is 6.26 Å². The molecular weight excluding hydrogens is 350 g/mol. The fourth-order valence-corrected chi connectivity index (χ4v) is 4.13. The molecule has 3 aromatic rings. The summed E-state index contributed by atoms with van der Waals surface area (Å²) in [5.74, 6) is 2.50. The number of furan rings is 1. The van der Waals surface area contributed by atoms with Gasteiger partial charge in [0.2, 0.25) is 0 Å². The van der Waals surface area contributed by atoms with Gasteiger partial charge in [0.1, 0.15) is 5.76 Å². The number of nitrogens with zero attached hydrogens (tertiary/aromatic N) is 2. The van der Waals surface area contributed by atoms with Gasteiger partial charge in [-0.2, -0.15) is 0 Å². The lowest BCUT2D eigenvalue weighted by Crippen LogP contribution is -2.57. The summed E-state index contributed by atoms with van der Waals surface area (Å²) in [7, 11) is 2.07. The van der Waals surface area contributed by atoms with Crippen LogP contribution in [0.4, 0.5) is 5.69 Å². The van der Waals surface area contributed by atoms with Gasteiger partial charge in [0.25, 0.3) is 0 Å². The second kappa shape index (κ2) is 7.84. The van der Waals surface area contributed by atoms with Crippen LogP contribution in [0.2, 0.25) is 0 Å². The lowest BCUT2D eigenvalue weighted by Gasteiger charge is -2.52. The Morgan fingerprint density at radius 2 is 1.96 bits per heavy atom. The minimum Gasteiger partial charge on any atom is -0.468 e. The van der Waals surface area contributed by atoms with Crippen molar-refractivity contribution < 1.29 is 8.94 Å². The quantitative estimate of drug-likeness (QED) is 0.617. The van der Waals surface area contributed by atoms with Crippen molar-refractivity contribution in [2.75, 3.05) is 11.9 Å². The lowest BCUT2D eigenvalue weighted by molar-refractivity contribution is 0.0116. The Morgan fingerprint density at radius 3 is 2.68 bits per heavy atom. The maximum absolute atomic E-state index is 5.60. The van der Waals surface area contributed by atoms with Gasteiger partial charge < -0.3 is 19.2 Å². The standard InChI is InChI=1S/C23H29N3O2/c1-23(2)17(13-22(23)24-15-20-10-7-11-27-20)12-18-14-21(28-25-18)16-26(3)19-8-5-4-6-9-19/h4-11,14,17,22,24H,12-13,15-16H2,1-3H3/t17-,22+/m1/s1. The van der Waals surface area contributed by atoms with Gasteiger partial charge in [-0.25, -0.2) is 0 Å². The summed E-state index contributed by atoms with van der Waals surface area (Å²) in [6.45, 7) is 6.18. The molecule has 1 N–H and O–H groups in total. The van der Waals surface area contributed by atoms with E-state index in [2.05, 4.69) is 54.5 Å². The SMILES string of the molecule is CN(Cc1cc(C[C@@H]2C[C@H](NCc3ccco3)C2(C)C)no1)c1ccccc1. The van der Waals surface area contributed by atoms with Gasteiger partial charge in [-0.1, -0.05) is 37.2 Å². The highest BCUT2D eigenvalue weighted by Crippen LogP contribution is 2.47. The van der Waals surface area contributed by atoms with Gasteiger partial charge in [0.15, 0.2) is 5.76 Å². The first kappa shape index (κ1) is 18.8. The first-order valence-corrected chi connectivity index (χ1v) is 9.99. The largest absolute Gasteiger partial charge is 0.468 e. The molecule has 5 nitrogen and oxygen atoms in total. The van der Waals surface area contributed by atoms with Crippen LogP contribution >= 0.6 is 0 Å². The van der Waals surface area contributed by atoms with E-state index in [1.807, 2.05) is 30.3 Å². The summed E-state index contributed by atoms with van der Waals surface area (Å²) in [6, 6.07) is 16.9. The van der Waals surface area contributed by atoms with Crippen LogP contribution < -0.4 is 10.2 Å². The third-order valence-electron chi connectivity index (χ3n) is 6.23. The molecule has 1 aliphatic carbocycles. The van der Waals surface area contributed by atoms with Crippen LogP contribution in [0.3, 0.4) is 0 Å². The zero-order valence-corrected chi connectivity index (χ0v) is 16.9. The predicted octanol–water partition coefficient (Wildman–Crippen LogP) is 4.65. The van der Waals surface area contributed by atoms with E-state index < -0.39 is 0 Å². The molecular formula is C23H29N3O2. The molecule has 0 bridgehead atoms. The fourth-order valence-electron chi connectivity index (χ4n) is 4.13. The second-order valence-corrected chi connectivity index (χ2v) is 8.45. The summed E-state index contributed by atoms with van der Waals surface area (Å²) >= 11 is 0. The van der Waals surface area contributed by atoms with Gasteiger partial charge in [0.05, 0.1) is 25.0 Å². The van der Waals surface area contributed by atoms with Crippen LogP contribution in [-0.2, 0) is 19.5 Å². The monoisotopic (exact) mass is 379 g/mol. The molecule has 1 fully saturated rings. The Hall–Kier alpha value is -2.53. The zero-order valence-electron chi connectivity index (χ0n) is 16.9. The van der Waals surface area contributed by atoms with Crippen LogP contribution in [-0.4, -0.2) is 18.2 Å². The highest BCUT2D eigenvalue weighted by molar-refractivity contribution is 5.45. The molecule has 2 aromatic heterocycles. The molecule has 5 heteroatoms. The number of hydrogen-bond acceptors (Lipinski definition) is 5. The maximum atomic E-state index is 5.60. The van der Waals surface area contributed by atoms with Crippen LogP contribution in [0.15, 0.2) is 63.7 Å². The van der Waals surface area contributed by atoms with Crippen molar-refractivity contribution in [2.24, 2.45) is 11.3 Å². The van der Waals surface area contributed by atoms with Gasteiger partial charge in [0, 0.05) is 24.8 Å². The second-order valence-electron chi connectivity index (χ2n) is 8.45. The Morgan fingerprint density at radius 1 is 1.14 bits per heavy atom. The lowest BCUT2D eigenvalue weighted by atomic mass is 9.57. The Labute approximate surface area is 166 Å². The average molecular weight is 380 g/mol. The molecule has 0 spiro atoms. The average Bonchev–Trinajstić information content (AvgIpc) is 3.37. The minimum absolute atomic E-state index is 0.229. The van der Waals surface area contributed by atoms with E-state index in [0.29, 0.717) is 12.0 Å². The number of rotatable bonds is 8. The fraction of sp³-hybridized carbons (Fsp3) is 0.435. The van der Waals surface area contributed by atoms with Gasteiger partial charge in [-0.3, -0.25) is 0 Å². The zero-order chi connectivity index (χ0) is 19.6. The molecule has 0 aliphatic heterocycles. The first-order valence-electron chi connectivity index (χ1n) is 9.99. The van der Waals surface area contributed by atoms with Crippen molar-refractivity contribution in [1.29, 1.82) is 0 Å². The van der Waals surface area contributed by atoms with Crippen molar-refractivity contribution >= 4 is 5.69 Å². The van der Waals surface area contributed by atoms with Gasteiger partial charge in [-0.15, -0.1) is 0 Å². The summed E-state index contributed by atoms with van der Waals surface area (Å²) < 4.78 is 11.0. The Balaban J connectivity index is 1.29. The summed E-state index contributed by atoms with van der Waals surface area (Å²) in [5.41, 5.74) is 2.46. The number of nitrogens with one attached hydrogen (secondary N) is 1. The maximum Gasteiger partial charge on any atom is 0.156 e. The summed E-state index contributed by atoms with van der Waals surface area (Å²) in [4.78, 5) is 2.17. The van der Waals surface area contributed by atoms with Gasteiger partial charge in [-0.05, 0) is 48.4 Å². The van der Waals surface area contributed by atoms with Gasteiger partial charge >= 0.3 is 0 Å². The van der Waals surface area contributed by atoms with Crippen molar-refractivity contribution in [2.45, 2.75) is 45.8 Å². The number of para-hydroxylation sites is 1. The van der Waals surface area contributed by atoms with E-state index >= 15 is 0 Å². The van der Waals surface area contributed by atoms with Crippen molar-refractivity contribution in [1.82, 2.24) is 10.5 Å². The van der Waals surface area contributed by atoms with Crippen molar-refractivity contribution in [3.05, 3.63) is 72.0 Å². The topological polar surface area (TPSA) is 54.4 Å². The molecule has 2 atom stereocenters. The van der Waals surface area contributed by atoms with Crippen LogP contribution in [0.5, 0.6) is 0 Å². The predicted molar refractivity (Wildman–Crippen MR) is 110 cm³/mol. The Kier molecular flexibility index (Phi) is 5.27. The van der Waals surface area contributed by atoms with Crippen LogP contribution in [0, 0.1) is 11.3 Å². The molecule has 1 aliphatic rings. The van der Waals surface area contributed by atoms with Crippen molar-refractivity contribution in [3.63, 3.8) is 0 Å². The van der Waals surface area contributed by atoms with E-state index in [0.717, 1.165) is 43.1 Å². The third-order valence-corrected chi connectivity index (χ3v) is 6.23. The summed E-state index contributed by atoms with van der Waals surface area (Å²) in [6.07, 6.45) is 3.84. The molecule has 0 radical (unpaired) electrons. The summed E-state index contributed by atoms with van der Waals surface area (Å²) in [5, 5.41) is 7.96. The van der Waals surface area contributed by atoms with Crippen LogP contribution in [0.25, 0.3) is 0 Å². The van der Waals surface area contributed by atoms with E-state index in [9.17, 15) is 0 Å². The van der Waals surface area contributed by atoms with E-state index in [-0.39, 0.29) is 5.41 Å². The molecule has 0 amide bonds. The Bertz CT molecular complexity index is 870. The van der Waals surface area contributed by atoms with E-state index in [1.165, 1.54) is 5.69 Å². The molecule has 2 heterocycles. The minimum atomic E-state index is 0.229. The molecule has 0 unspecified atom stereocenters. The third kappa shape index (κ3) is 3.99. The molecule has 1 saturated carbocycles. The molecule has 4 rings (SSSR count). The molecule has 0 saturated heterocycles. The highest BCUT2D eigenvalue weighted by Gasteiger charge is 2.47. The van der Waals surface area contributed by atoms with Crippen molar-refractivity contribution in [3.8, 4) is 0 Å². The normalized spacial score (nSPS) is 20.7. The number of hydrogen-bond donors (Lipinski definition) is 1.